The van der Waals surface area contributed by atoms with Crippen LogP contribution < -0.4 is 5.73 Å². The summed E-state index contributed by atoms with van der Waals surface area (Å²) in [6.07, 6.45) is 5.78. The van der Waals surface area contributed by atoms with E-state index in [1.54, 1.807) is 24.3 Å². The Balaban J connectivity index is 0.000000683. The summed E-state index contributed by atoms with van der Waals surface area (Å²) in [6.45, 7) is 12.1. The van der Waals surface area contributed by atoms with E-state index in [1.165, 1.54) is 25.1 Å². The molecule has 31 heavy (non-hydrogen) atoms. The lowest BCUT2D eigenvalue weighted by Gasteiger charge is -2.20. The van der Waals surface area contributed by atoms with Crippen LogP contribution in [0.25, 0.3) is 6.08 Å². The van der Waals surface area contributed by atoms with E-state index >= 15 is 0 Å². The van der Waals surface area contributed by atoms with Gasteiger partial charge < -0.3 is 15.2 Å². The van der Waals surface area contributed by atoms with Crippen molar-refractivity contribution in [1.82, 2.24) is 15.0 Å². The average molecular weight is 429 g/mol. The fourth-order valence-electron chi connectivity index (χ4n) is 1.88. The SMILES string of the molecule is CC(C)(C)COC(=O)C(=Cc1ccc(N)cc1)C(=O)OCC(C)(C)C.c1ncncn1. The maximum atomic E-state index is 12.4. The number of carbonyl (C=O) groups excluding carboxylic acids is 2. The zero-order chi connectivity index (χ0) is 23.5. The highest BCUT2D eigenvalue weighted by Gasteiger charge is 2.25. The molecule has 1 aromatic heterocycles. The topological polar surface area (TPSA) is 117 Å². The fraction of sp³-hybridized carbons (Fsp3) is 0.435. The molecule has 0 aliphatic carbocycles. The number of ether oxygens (including phenoxy) is 2. The van der Waals surface area contributed by atoms with Gasteiger partial charge in [-0.1, -0.05) is 53.7 Å². The third-order valence-electron chi connectivity index (χ3n) is 3.36. The number of hydrogen-bond donors (Lipinski definition) is 1. The van der Waals surface area contributed by atoms with E-state index in [-0.39, 0.29) is 29.6 Å². The number of carbonyl (C=O) groups is 2. The maximum Gasteiger partial charge on any atom is 0.345 e. The first kappa shape index (κ1) is 25.7. The van der Waals surface area contributed by atoms with Crippen LogP contribution in [0.1, 0.15) is 47.1 Å². The number of esters is 2. The summed E-state index contributed by atoms with van der Waals surface area (Å²) in [4.78, 5) is 35.5. The largest absolute Gasteiger partial charge is 0.461 e. The van der Waals surface area contributed by atoms with E-state index in [1.807, 2.05) is 41.5 Å². The van der Waals surface area contributed by atoms with Crippen LogP contribution in [-0.4, -0.2) is 40.1 Å². The van der Waals surface area contributed by atoms with Crippen molar-refractivity contribution in [2.45, 2.75) is 41.5 Å². The van der Waals surface area contributed by atoms with Gasteiger partial charge in [0.15, 0.2) is 0 Å². The Kier molecular flexibility index (Phi) is 9.79. The van der Waals surface area contributed by atoms with E-state index in [2.05, 4.69) is 15.0 Å². The molecule has 2 rings (SSSR count). The number of rotatable bonds is 5. The highest BCUT2D eigenvalue weighted by Crippen LogP contribution is 2.18. The normalized spacial score (nSPS) is 10.9. The Morgan fingerprint density at radius 2 is 1.19 bits per heavy atom. The molecule has 0 bridgehead atoms. The molecule has 0 radical (unpaired) electrons. The van der Waals surface area contributed by atoms with Gasteiger partial charge in [-0.25, -0.2) is 24.5 Å². The van der Waals surface area contributed by atoms with Gasteiger partial charge in [-0.05, 0) is 34.6 Å². The Morgan fingerprint density at radius 1 is 0.806 bits per heavy atom. The van der Waals surface area contributed by atoms with E-state index in [9.17, 15) is 9.59 Å². The van der Waals surface area contributed by atoms with E-state index in [0.717, 1.165) is 0 Å². The number of anilines is 1. The molecule has 2 N–H and O–H groups in total. The predicted molar refractivity (Wildman–Crippen MR) is 119 cm³/mol. The number of nitrogen functional groups attached to an aromatic ring is 1. The summed E-state index contributed by atoms with van der Waals surface area (Å²) >= 11 is 0. The van der Waals surface area contributed by atoms with Gasteiger partial charge in [0.2, 0.25) is 0 Å². The minimum Gasteiger partial charge on any atom is -0.461 e. The molecule has 1 heterocycles. The molecule has 0 amide bonds. The third kappa shape index (κ3) is 12.1. The lowest BCUT2D eigenvalue weighted by atomic mass is 9.98. The molecule has 0 aliphatic heterocycles. The van der Waals surface area contributed by atoms with Crippen LogP contribution in [-0.2, 0) is 19.1 Å². The van der Waals surface area contributed by atoms with Crippen LogP contribution in [0.15, 0.2) is 48.8 Å². The number of aromatic nitrogens is 3. The molecule has 0 fully saturated rings. The van der Waals surface area contributed by atoms with Crippen molar-refractivity contribution in [2.24, 2.45) is 10.8 Å². The first-order chi connectivity index (χ1) is 14.4. The molecule has 0 atom stereocenters. The second kappa shape index (κ2) is 11.8. The van der Waals surface area contributed by atoms with E-state index < -0.39 is 11.9 Å². The fourth-order valence-corrected chi connectivity index (χ4v) is 1.88. The van der Waals surface area contributed by atoms with Crippen molar-refractivity contribution in [3.05, 3.63) is 54.4 Å². The summed E-state index contributed by atoms with van der Waals surface area (Å²) in [5.74, 6) is -1.38. The molecule has 0 saturated carbocycles. The molecular formula is C23H32N4O4. The summed E-state index contributed by atoms with van der Waals surface area (Å²) < 4.78 is 10.6. The number of hydrogen-bond acceptors (Lipinski definition) is 8. The maximum absolute atomic E-state index is 12.4. The summed E-state index contributed by atoms with van der Waals surface area (Å²) in [7, 11) is 0. The van der Waals surface area contributed by atoms with E-state index in [0.29, 0.717) is 11.3 Å². The number of nitrogens with two attached hydrogens (primary N) is 1. The molecule has 0 spiro atoms. The van der Waals surface area contributed by atoms with Gasteiger partial charge in [-0.3, -0.25) is 0 Å². The summed E-state index contributed by atoms with van der Waals surface area (Å²) in [5.41, 5.74) is 6.42. The smallest absolute Gasteiger partial charge is 0.345 e. The molecule has 0 aliphatic rings. The standard InChI is InChI=1S/C20H29NO4.C3H3N3/c1-19(2,3)12-24-17(22)16(18(23)25-13-20(4,5)6)11-14-7-9-15(21)10-8-14;1-4-2-6-3-5-1/h7-11H,12-13,21H2,1-6H3;1-3H. The zero-order valence-corrected chi connectivity index (χ0v) is 19.1. The minimum absolute atomic E-state index is 0.127. The zero-order valence-electron chi connectivity index (χ0n) is 19.1. The van der Waals surface area contributed by atoms with Crippen molar-refractivity contribution in [3.63, 3.8) is 0 Å². The van der Waals surface area contributed by atoms with Crippen molar-refractivity contribution in [3.8, 4) is 0 Å². The third-order valence-corrected chi connectivity index (χ3v) is 3.36. The van der Waals surface area contributed by atoms with Crippen LogP contribution >= 0.6 is 0 Å². The van der Waals surface area contributed by atoms with Crippen molar-refractivity contribution in [2.75, 3.05) is 18.9 Å². The summed E-state index contributed by atoms with van der Waals surface area (Å²) in [6, 6.07) is 6.85. The van der Waals surface area contributed by atoms with Gasteiger partial charge in [0.1, 0.15) is 24.6 Å². The molecule has 8 nitrogen and oxygen atoms in total. The molecule has 168 valence electrons. The van der Waals surface area contributed by atoms with Crippen LogP contribution in [0.4, 0.5) is 5.69 Å². The molecule has 1 aromatic carbocycles. The van der Waals surface area contributed by atoms with Gasteiger partial charge >= 0.3 is 11.9 Å². The first-order valence-corrected chi connectivity index (χ1v) is 9.84. The molecule has 2 aromatic rings. The summed E-state index contributed by atoms with van der Waals surface area (Å²) in [5, 5.41) is 0. The lowest BCUT2D eigenvalue weighted by molar-refractivity contribution is -0.149. The number of benzene rings is 1. The van der Waals surface area contributed by atoms with Gasteiger partial charge in [0.05, 0.1) is 13.2 Å². The predicted octanol–water partition coefficient (Wildman–Crippen LogP) is 3.70. The van der Waals surface area contributed by atoms with Crippen LogP contribution in [0.2, 0.25) is 0 Å². The quantitative estimate of drug-likeness (QED) is 0.252. The highest BCUT2D eigenvalue weighted by molar-refractivity contribution is 6.17. The Labute approximate surface area is 183 Å². The minimum atomic E-state index is -0.689. The van der Waals surface area contributed by atoms with Crippen LogP contribution in [0, 0.1) is 10.8 Å². The van der Waals surface area contributed by atoms with Crippen molar-refractivity contribution >= 4 is 23.7 Å². The first-order valence-electron chi connectivity index (χ1n) is 9.84. The Bertz CT molecular complexity index is 793. The second-order valence-corrected chi connectivity index (χ2v) is 9.29. The monoisotopic (exact) mass is 428 g/mol. The average Bonchev–Trinajstić information content (AvgIpc) is 2.70. The molecule has 8 heteroatoms. The molecule has 0 saturated heterocycles. The van der Waals surface area contributed by atoms with E-state index in [4.69, 9.17) is 15.2 Å². The van der Waals surface area contributed by atoms with Crippen molar-refractivity contribution < 1.29 is 19.1 Å². The van der Waals surface area contributed by atoms with Crippen molar-refractivity contribution in [1.29, 1.82) is 0 Å². The van der Waals surface area contributed by atoms with Gasteiger partial charge in [0.25, 0.3) is 0 Å². The van der Waals surface area contributed by atoms with Gasteiger partial charge in [-0.15, -0.1) is 0 Å². The highest BCUT2D eigenvalue weighted by atomic mass is 16.6. The van der Waals surface area contributed by atoms with Crippen LogP contribution in [0.3, 0.4) is 0 Å². The second-order valence-electron chi connectivity index (χ2n) is 9.29. The van der Waals surface area contributed by atoms with Crippen LogP contribution in [0.5, 0.6) is 0 Å². The molecular weight excluding hydrogens is 396 g/mol. The Hall–Kier alpha value is -3.29. The Morgan fingerprint density at radius 3 is 1.52 bits per heavy atom. The lowest BCUT2D eigenvalue weighted by Crippen LogP contribution is -2.25. The molecule has 0 unspecified atom stereocenters. The van der Waals surface area contributed by atoms with Gasteiger partial charge in [-0.2, -0.15) is 0 Å². The number of nitrogens with zero attached hydrogens (tertiary/aromatic N) is 3. The van der Waals surface area contributed by atoms with Gasteiger partial charge in [0, 0.05) is 5.69 Å².